The summed E-state index contributed by atoms with van der Waals surface area (Å²) >= 11 is 0. The second-order valence-corrected chi connectivity index (χ2v) is 6.59. The first-order chi connectivity index (χ1) is 11.6. The van der Waals surface area contributed by atoms with E-state index in [-0.39, 0.29) is 29.7 Å². The molecular weight excluding hydrogens is 308 g/mol. The van der Waals surface area contributed by atoms with Crippen LogP contribution >= 0.6 is 0 Å². The molecule has 5 heteroatoms. The van der Waals surface area contributed by atoms with Crippen molar-refractivity contribution in [2.45, 2.75) is 57.8 Å². The lowest BCUT2D eigenvalue weighted by Crippen LogP contribution is -2.23. The smallest absolute Gasteiger partial charge is 0.228 e. The van der Waals surface area contributed by atoms with Crippen molar-refractivity contribution in [3.63, 3.8) is 0 Å². The Morgan fingerprint density at radius 3 is 1.75 bits per heavy atom. The molecule has 0 radical (unpaired) electrons. The molecule has 0 amide bonds. The lowest BCUT2D eigenvalue weighted by Gasteiger charge is -2.17. The maximum absolute atomic E-state index is 12.5. The first kappa shape index (κ1) is 18.7. The lowest BCUT2D eigenvalue weighted by molar-refractivity contribution is -0.121. The highest BCUT2D eigenvalue weighted by Gasteiger charge is 2.41. The van der Waals surface area contributed by atoms with Gasteiger partial charge in [0.15, 0.2) is 0 Å². The van der Waals surface area contributed by atoms with Crippen LogP contribution in [0.1, 0.15) is 57.8 Å². The fraction of sp³-hybridized carbons (Fsp3) is 0.684. The topological polar surface area (TPSA) is 72.8 Å². The molecule has 2 aliphatic carbocycles. The molecule has 0 heterocycles. The van der Waals surface area contributed by atoms with Crippen LogP contribution in [0, 0.1) is 5.92 Å². The third kappa shape index (κ3) is 4.07. The number of aliphatic hydroxyl groups excluding tert-OH is 1. The molecule has 2 aliphatic rings. The number of Topliss-reactive ketones (excluding diaryl/α,β-unsaturated/α-hetero) is 2. The molecule has 0 aromatic rings. The van der Waals surface area contributed by atoms with Crippen LogP contribution in [0.15, 0.2) is 22.7 Å². The van der Waals surface area contributed by atoms with Gasteiger partial charge >= 0.3 is 0 Å². The summed E-state index contributed by atoms with van der Waals surface area (Å²) in [5.41, 5.74) is 1.26. The number of rotatable bonds is 10. The zero-order chi connectivity index (χ0) is 17.5. The molecule has 0 saturated carbocycles. The number of carbonyl (C=O) groups excluding carboxylic acids is 2. The molecule has 0 unspecified atom stereocenters. The van der Waals surface area contributed by atoms with Crippen molar-refractivity contribution in [3.8, 4) is 0 Å². The number of ketones is 2. The maximum Gasteiger partial charge on any atom is 0.228 e. The summed E-state index contributed by atoms with van der Waals surface area (Å²) in [6, 6.07) is 0. The Morgan fingerprint density at radius 2 is 1.29 bits per heavy atom. The molecule has 0 aromatic heterocycles. The summed E-state index contributed by atoms with van der Waals surface area (Å²) < 4.78 is 10.2. The molecule has 0 fully saturated rings. The van der Waals surface area contributed by atoms with E-state index in [9.17, 15) is 9.59 Å². The molecule has 1 N–H and O–H groups in total. The van der Waals surface area contributed by atoms with Crippen LogP contribution < -0.4 is 0 Å². The van der Waals surface area contributed by atoms with Crippen LogP contribution in [-0.4, -0.2) is 37.5 Å². The lowest BCUT2D eigenvalue weighted by atomic mass is 9.94. The predicted molar refractivity (Wildman–Crippen MR) is 90.2 cm³/mol. The van der Waals surface area contributed by atoms with E-state index < -0.39 is 0 Å². The molecule has 2 rings (SSSR count). The van der Waals surface area contributed by atoms with Gasteiger partial charge in [0.1, 0.15) is 0 Å². The number of unbranched alkanes of at least 4 members (excludes halogenated alkanes) is 5. The molecule has 24 heavy (non-hydrogen) atoms. The summed E-state index contributed by atoms with van der Waals surface area (Å²) in [5.74, 6) is 0.0946. The van der Waals surface area contributed by atoms with Crippen molar-refractivity contribution < 1.29 is 24.2 Å². The Hall–Kier alpha value is -1.62. The zero-order valence-corrected chi connectivity index (χ0v) is 14.7. The molecule has 0 spiro atoms. The molecule has 0 bridgehead atoms. The van der Waals surface area contributed by atoms with E-state index in [0.29, 0.717) is 29.9 Å². The molecule has 0 aromatic carbocycles. The average Bonchev–Trinajstić information content (AvgIpc) is 3.01. The Balaban J connectivity index is 1.82. The minimum Gasteiger partial charge on any atom is -0.489 e. The van der Waals surface area contributed by atoms with Crippen LogP contribution in [0.5, 0.6) is 0 Å². The van der Waals surface area contributed by atoms with Crippen molar-refractivity contribution in [3.05, 3.63) is 22.7 Å². The molecule has 134 valence electrons. The van der Waals surface area contributed by atoms with Gasteiger partial charge in [-0.1, -0.05) is 32.1 Å². The van der Waals surface area contributed by atoms with Gasteiger partial charge in [0.25, 0.3) is 0 Å². The maximum atomic E-state index is 12.5. The fourth-order valence-electron chi connectivity index (χ4n) is 3.66. The van der Waals surface area contributed by atoms with Crippen molar-refractivity contribution in [1.29, 1.82) is 0 Å². The number of hydrogen-bond acceptors (Lipinski definition) is 5. The van der Waals surface area contributed by atoms with Crippen molar-refractivity contribution in [2.24, 2.45) is 5.92 Å². The number of allylic oxidation sites excluding steroid dienone is 2. The van der Waals surface area contributed by atoms with E-state index in [2.05, 4.69) is 0 Å². The van der Waals surface area contributed by atoms with Gasteiger partial charge < -0.3 is 14.6 Å². The van der Waals surface area contributed by atoms with Crippen LogP contribution in [0.25, 0.3) is 0 Å². The average molecular weight is 336 g/mol. The minimum atomic E-state index is -0.185. The van der Waals surface area contributed by atoms with Gasteiger partial charge in [0.2, 0.25) is 23.1 Å². The third-order valence-electron chi connectivity index (χ3n) is 4.95. The van der Waals surface area contributed by atoms with Gasteiger partial charge in [-0.25, -0.2) is 0 Å². The van der Waals surface area contributed by atoms with Gasteiger partial charge in [-0.15, -0.1) is 0 Å². The first-order valence-electron chi connectivity index (χ1n) is 8.88. The van der Waals surface area contributed by atoms with E-state index >= 15 is 0 Å². The molecule has 5 nitrogen and oxygen atoms in total. The van der Waals surface area contributed by atoms with Crippen LogP contribution in [0.3, 0.4) is 0 Å². The monoisotopic (exact) mass is 336 g/mol. The quantitative estimate of drug-likeness (QED) is 0.490. The van der Waals surface area contributed by atoms with Crippen LogP contribution in [-0.2, 0) is 19.1 Å². The first-order valence-corrected chi connectivity index (χ1v) is 8.88. The van der Waals surface area contributed by atoms with E-state index in [1.807, 2.05) is 0 Å². The molecule has 0 atom stereocenters. The Kier molecular flexibility index (Phi) is 7.03. The van der Waals surface area contributed by atoms with E-state index in [0.717, 1.165) is 32.1 Å². The van der Waals surface area contributed by atoms with Gasteiger partial charge in [-0.05, 0) is 31.6 Å². The number of aliphatic hydroxyl groups is 1. The highest BCUT2D eigenvalue weighted by molar-refractivity contribution is 6.24. The Morgan fingerprint density at radius 1 is 0.833 bits per heavy atom. The largest absolute Gasteiger partial charge is 0.489 e. The van der Waals surface area contributed by atoms with Crippen LogP contribution in [0.4, 0.5) is 0 Å². The predicted octanol–water partition coefficient (Wildman–Crippen LogP) is 3.07. The minimum absolute atomic E-state index is 0.0470. The highest BCUT2D eigenvalue weighted by Crippen LogP contribution is 2.41. The fourth-order valence-corrected chi connectivity index (χ4v) is 3.66. The van der Waals surface area contributed by atoms with Crippen molar-refractivity contribution in [2.75, 3.05) is 20.8 Å². The summed E-state index contributed by atoms with van der Waals surface area (Å²) in [5, 5.41) is 8.75. The van der Waals surface area contributed by atoms with Gasteiger partial charge in [0.05, 0.1) is 14.2 Å². The second-order valence-electron chi connectivity index (χ2n) is 6.59. The molecule has 0 aliphatic heterocycles. The number of methoxy groups -OCH3 is 2. The normalized spacial score (nSPS) is 18.5. The summed E-state index contributed by atoms with van der Waals surface area (Å²) in [6.45, 7) is 0.280. The van der Waals surface area contributed by atoms with Crippen molar-refractivity contribution in [1.82, 2.24) is 0 Å². The number of hydrogen-bond donors (Lipinski definition) is 1. The van der Waals surface area contributed by atoms with Crippen LogP contribution in [0.2, 0.25) is 0 Å². The Labute approximate surface area is 143 Å². The second kappa shape index (κ2) is 9.02. The Bertz CT molecular complexity index is 506. The summed E-state index contributed by atoms with van der Waals surface area (Å²) in [7, 11) is 2.79. The van der Waals surface area contributed by atoms with Gasteiger partial charge in [-0.3, -0.25) is 9.59 Å². The van der Waals surface area contributed by atoms with E-state index in [4.69, 9.17) is 14.6 Å². The van der Waals surface area contributed by atoms with Crippen molar-refractivity contribution >= 4 is 11.6 Å². The third-order valence-corrected chi connectivity index (χ3v) is 4.95. The van der Waals surface area contributed by atoms with Gasteiger partial charge in [-0.2, -0.15) is 0 Å². The summed E-state index contributed by atoms with van der Waals surface area (Å²) in [4.78, 5) is 25.0. The number of carbonyl (C=O) groups is 2. The standard InChI is InChI=1S/C19H28O5/c1-23-18-16(21)14-11-13(9-7-5-3-4-6-8-10-20)12-15(14)17(22)19(18)24-2/h13,20H,3-12H2,1-2H3. The SMILES string of the molecule is COC1=C(OC)C(=O)C2=C(CC(CCCCCCCCO)C2)C1=O. The molecular formula is C19H28O5. The number of ether oxygens (including phenoxy) is 2. The van der Waals surface area contributed by atoms with E-state index in [1.54, 1.807) is 0 Å². The highest BCUT2D eigenvalue weighted by atomic mass is 16.5. The van der Waals surface area contributed by atoms with E-state index in [1.165, 1.54) is 27.1 Å². The summed E-state index contributed by atoms with van der Waals surface area (Å²) in [6.07, 6.45) is 8.99. The van der Waals surface area contributed by atoms with Gasteiger partial charge in [0, 0.05) is 17.8 Å². The zero-order valence-electron chi connectivity index (χ0n) is 14.7. The molecule has 0 saturated heterocycles.